The minimum Gasteiger partial charge on any atom is -0.349 e. The number of rotatable bonds is 6. The SMILES string of the molecule is C[C@@H](NC(=O)c1ccccc1Cl)[C@H](Cc1ccc(Cl)cc1)c1ccc(Cl)cc1. The van der Waals surface area contributed by atoms with Crippen LogP contribution in [-0.4, -0.2) is 11.9 Å². The molecule has 1 amide bonds. The van der Waals surface area contributed by atoms with E-state index in [4.69, 9.17) is 34.8 Å². The van der Waals surface area contributed by atoms with Crippen molar-refractivity contribution in [3.05, 3.63) is 105 Å². The predicted octanol–water partition coefficient (Wildman–Crippen LogP) is 6.79. The maximum atomic E-state index is 12.7. The van der Waals surface area contributed by atoms with Crippen LogP contribution in [-0.2, 0) is 6.42 Å². The van der Waals surface area contributed by atoms with E-state index in [-0.39, 0.29) is 17.9 Å². The molecular formula is C23H20Cl3NO. The molecule has 1 N–H and O–H groups in total. The highest BCUT2D eigenvalue weighted by molar-refractivity contribution is 6.33. The molecule has 3 rings (SSSR count). The van der Waals surface area contributed by atoms with Crippen LogP contribution in [0.2, 0.25) is 15.1 Å². The highest BCUT2D eigenvalue weighted by Crippen LogP contribution is 2.27. The molecule has 0 spiro atoms. The molecule has 0 heterocycles. The molecule has 2 nitrogen and oxygen atoms in total. The van der Waals surface area contributed by atoms with E-state index in [1.807, 2.05) is 55.5 Å². The number of benzene rings is 3. The molecule has 3 aromatic carbocycles. The minimum atomic E-state index is -0.187. The molecule has 0 aromatic heterocycles. The van der Waals surface area contributed by atoms with Crippen LogP contribution < -0.4 is 5.32 Å². The normalized spacial score (nSPS) is 13.0. The Labute approximate surface area is 180 Å². The third kappa shape index (κ3) is 5.29. The van der Waals surface area contributed by atoms with Gasteiger partial charge in [0.1, 0.15) is 0 Å². The van der Waals surface area contributed by atoms with Crippen molar-refractivity contribution in [1.29, 1.82) is 0 Å². The summed E-state index contributed by atoms with van der Waals surface area (Å²) in [5.74, 6) is -0.127. The number of hydrogen-bond donors (Lipinski definition) is 1. The minimum absolute atomic E-state index is 0.0601. The van der Waals surface area contributed by atoms with Gasteiger partial charge in [-0.3, -0.25) is 4.79 Å². The Bertz CT molecular complexity index is 939. The van der Waals surface area contributed by atoms with Crippen LogP contribution in [0.4, 0.5) is 0 Å². The Kier molecular flexibility index (Phi) is 7.01. The average molecular weight is 433 g/mol. The molecule has 3 aromatic rings. The maximum absolute atomic E-state index is 12.7. The molecule has 28 heavy (non-hydrogen) atoms. The van der Waals surface area contributed by atoms with Crippen molar-refractivity contribution in [2.75, 3.05) is 0 Å². The van der Waals surface area contributed by atoms with E-state index in [0.717, 1.165) is 17.5 Å². The quantitative estimate of drug-likeness (QED) is 0.456. The first-order chi connectivity index (χ1) is 13.4. The fraction of sp³-hybridized carbons (Fsp3) is 0.174. The van der Waals surface area contributed by atoms with Crippen molar-refractivity contribution in [2.24, 2.45) is 0 Å². The van der Waals surface area contributed by atoms with Crippen molar-refractivity contribution in [2.45, 2.75) is 25.3 Å². The van der Waals surface area contributed by atoms with E-state index in [1.165, 1.54) is 0 Å². The fourth-order valence-corrected chi connectivity index (χ4v) is 3.67. The van der Waals surface area contributed by atoms with E-state index in [2.05, 4.69) is 5.32 Å². The van der Waals surface area contributed by atoms with Gasteiger partial charge in [0.2, 0.25) is 0 Å². The topological polar surface area (TPSA) is 29.1 Å². The smallest absolute Gasteiger partial charge is 0.253 e. The lowest BCUT2D eigenvalue weighted by atomic mass is 9.86. The summed E-state index contributed by atoms with van der Waals surface area (Å²) in [6.45, 7) is 2.00. The lowest BCUT2D eigenvalue weighted by Gasteiger charge is -2.26. The fourth-order valence-electron chi connectivity index (χ4n) is 3.20. The second-order valence-electron chi connectivity index (χ2n) is 6.73. The van der Waals surface area contributed by atoms with Gasteiger partial charge < -0.3 is 5.32 Å². The molecule has 0 saturated heterocycles. The van der Waals surface area contributed by atoms with E-state index >= 15 is 0 Å². The summed E-state index contributed by atoms with van der Waals surface area (Å²) in [4.78, 5) is 12.7. The van der Waals surface area contributed by atoms with Crippen LogP contribution in [0.1, 0.15) is 34.3 Å². The lowest BCUT2D eigenvalue weighted by Crippen LogP contribution is -2.38. The largest absolute Gasteiger partial charge is 0.349 e. The Balaban J connectivity index is 1.84. The first-order valence-electron chi connectivity index (χ1n) is 8.99. The Morgan fingerprint density at radius 1 is 0.857 bits per heavy atom. The molecule has 0 unspecified atom stereocenters. The van der Waals surface area contributed by atoms with Gasteiger partial charge in [-0.05, 0) is 60.9 Å². The first-order valence-corrected chi connectivity index (χ1v) is 10.1. The Hall–Kier alpha value is -2.00. The number of amides is 1. The number of carbonyl (C=O) groups excluding carboxylic acids is 1. The molecule has 0 bridgehead atoms. The van der Waals surface area contributed by atoms with Crippen molar-refractivity contribution in [3.8, 4) is 0 Å². The number of nitrogens with one attached hydrogen (secondary N) is 1. The maximum Gasteiger partial charge on any atom is 0.253 e. The molecule has 0 aliphatic rings. The molecule has 0 saturated carbocycles. The van der Waals surface area contributed by atoms with Gasteiger partial charge in [0.25, 0.3) is 5.91 Å². The molecule has 2 atom stereocenters. The zero-order valence-corrected chi connectivity index (χ0v) is 17.6. The van der Waals surface area contributed by atoms with Gasteiger partial charge in [-0.15, -0.1) is 0 Å². The van der Waals surface area contributed by atoms with Crippen LogP contribution in [0.25, 0.3) is 0 Å². The van der Waals surface area contributed by atoms with Crippen LogP contribution in [0.15, 0.2) is 72.8 Å². The summed E-state index contributed by atoms with van der Waals surface area (Å²) >= 11 is 18.2. The lowest BCUT2D eigenvalue weighted by molar-refractivity contribution is 0.0934. The Morgan fingerprint density at radius 3 is 2.04 bits per heavy atom. The van der Waals surface area contributed by atoms with Crippen LogP contribution in [0, 0.1) is 0 Å². The molecule has 0 aliphatic carbocycles. The standard InChI is InChI=1S/C23H20Cl3NO/c1-15(27-23(28)20-4-2-3-5-22(20)26)21(17-8-12-19(25)13-9-17)14-16-6-10-18(24)11-7-16/h2-13,15,21H,14H2,1H3,(H,27,28)/t15-,21+/m1/s1. The average Bonchev–Trinajstić information content (AvgIpc) is 2.68. The molecule has 0 radical (unpaired) electrons. The summed E-state index contributed by atoms with van der Waals surface area (Å²) < 4.78 is 0. The van der Waals surface area contributed by atoms with Crippen LogP contribution in [0.3, 0.4) is 0 Å². The second-order valence-corrected chi connectivity index (χ2v) is 8.01. The monoisotopic (exact) mass is 431 g/mol. The van der Waals surface area contributed by atoms with Gasteiger partial charge in [-0.25, -0.2) is 0 Å². The highest BCUT2D eigenvalue weighted by Gasteiger charge is 2.23. The van der Waals surface area contributed by atoms with Gasteiger partial charge in [0, 0.05) is 22.0 Å². The van der Waals surface area contributed by atoms with E-state index in [0.29, 0.717) is 20.6 Å². The van der Waals surface area contributed by atoms with E-state index in [9.17, 15) is 4.79 Å². The zero-order chi connectivity index (χ0) is 20.1. The van der Waals surface area contributed by atoms with Crippen molar-refractivity contribution < 1.29 is 4.79 Å². The highest BCUT2D eigenvalue weighted by atomic mass is 35.5. The molecule has 0 fully saturated rings. The van der Waals surface area contributed by atoms with Gasteiger partial charge in [0.15, 0.2) is 0 Å². The molecule has 5 heteroatoms. The summed E-state index contributed by atoms with van der Waals surface area (Å²) in [5, 5.41) is 4.92. The van der Waals surface area contributed by atoms with Crippen molar-refractivity contribution in [1.82, 2.24) is 5.32 Å². The van der Waals surface area contributed by atoms with Crippen LogP contribution in [0.5, 0.6) is 0 Å². The van der Waals surface area contributed by atoms with Crippen molar-refractivity contribution in [3.63, 3.8) is 0 Å². The third-order valence-corrected chi connectivity index (χ3v) is 5.58. The number of carbonyl (C=O) groups is 1. The van der Waals surface area contributed by atoms with Gasteiger partial charge in [-0.1, -0.05) is 71.2 Å². The predicted molar refractivity (Wildman–Crippen MR) is 118 cm³/mol. The second kappa shape index (κ2) is 9.47. The van der Waals surface area contributed by atoms with E-state index in [1.54, 1.807) is 24.3 Å². The first kappa shape index (κ1) is 20.7. The van der Waals surface area contributed by atoms with Gasteiger partial charge >= 0.3 is 0 Å². The Morgan fingerprint density at radius 2 is 1.43 bits per heavy atom. The van der Waals surface area contributed by atoms with Gasteiger partial charge in [0.05, 0.1) is 10.6 Å². The summed E-state index contributed by atoms with van der Waals surface area (Å²) in [6, 6.07) is 22.4. The summed E-state index contributed by atoms with van der Waals surface area (Å²) in [5.41, 5.74) is 2.71. The third-order valence-electron chi connectivity index (χ3n) is 4.75. The molecule has 144 valence electrons. The number of halogens is 3. The number of hydrogen-bond acceptors (Lipinski definition) is 1. The van der Waals surface area contributed by atoms with Crippen LogP contribution >= 0.6 is 34.8 Å². The van der Waals surface area contributed by atoms with Gasteiger partial charge in [-0.2, -0.15) is 0 Å². The zero-order valence-electron chi connectivity index (χ0n) is 15.3. The van der Waals surface area contributed by atoms with E-state index < -0.39 is 0 Å². The summed E-state index contributed by atoms with van der Waals surface area (Å²) in [6.07, 6.45) is 0.753. The molecular weight excluding hydrogens is 413 g/mol. The summed E-state index contributed by atoms with van der Waals surface area (Å²) in [7, 11) is 0. The van der Waals surface area contributed by atoms with Crippen molar-refractivity contribution >= 4 is 40.7 Å². The molecule has 0 aliphatic heterocycles.